The molecule has 1 atom stereocenters. The van der Waals surface area contributed by atoms with Gasteiger partial charge < -0.3 is 0 Å². The quantitative estimate of drug-likeness (QED) is 0.776. The van der Waals surface area contributed by atoms with Gasteiger partial charge in [-0.2, -0.15) is 5.10 Å². The fourth-order valence-electron chi connectivity index (χ4n) is 2.24. The fourth-order valence-corrected chi connectivity index (χ4v) is 2.48. The number of rotatable bonds is 2. The molecule has 1 aromatic rings. The summed E-state index contributed by atoms with van der Waals surface area (Å²) in [6.45, 7) is 1.89. The summed E-state index contributed by atoms with van der Waals surface area (Å²) < 4.78 is 1.79. The predicted molar refractivity (Wildman–Crippen MR) is 59.0 cm³/mol. The molecule has 82 valence electrons. The van der Waals surface area contributed by atoms with Crippen LogP contribution in [0.5, 0.6) is 0 Å². The lowest BCUT2D eigenvalue weighted by atomic mass is 10.0. The molecule has 0 aliphatic heterocycles. The Morgan fingerprint density at radius 2 is 2.33 bits per heavy atom. The Morgan fingerprint density at radius 1 is 1.60 bits per heavy atom. The molecule has 1 fully saturated rings. The summed E-state index contributed by atoms with van der Waals surface area (Å²) in [5.74, 6) is 0.544. The van der Waals surface area contributed by atoms with Crippen molar-refractivity contribution in [2.45, 2.75) is 32.6 Å². The van der Waals surface area contributed by atoms with E-state index in [1.807, 2.05) is 14.0 Å². The number of aryl methyl sites for hydroxylation is 2. The van der Waals surface area contributed by atoms with Crippen molar-refractivity contribution in [2.24, 2.45) is 13.0 Å². The highest BCUT2D eigenvalue weighted by atomic mass is 35.5. The second-order valence-corrected chi connectivity index (χ2v) is 4.61. The summed E-state index contributed by atoms with van der Waals surface area (Å²) in [5.41, 5.74) is 1.84. The molecule has 0 bridgehead atoms. The number of carbonyl (C=O) groups excluding carboxylic acids is 1. The van der Waals surface area contributed by atoms with Gasteiger partial charge in [0, 0.05) is 25.8 Å². The number of nitrogens with zero attached hydrogens (tertiary/aromatic N) is 2. The van der Waals surface area contributed by atoms with E-state index in [2.05, 4.69) is 5.10 Å². The second kappa shape index (κ2) is 3.97. The van der Waals surface area contributed by atoms with Crippen molar-refractivity contribution in [3.8, 4) is 0 Å². The Labute approximate surface area is 94.4 Å². The monoisotopic (exact) mass is 226 g/mol. The lowest BCUT2D eigenvalue weighted by Gasteiger charge is -2.08. The first kappa shape index (κ1) is 10.7. The summed E-state index contributed by atoms with van der Waals surface area (Å²) in [5, 5.41) is 4.97. The van der Waals surface area contributed by atoms with Crippen LogP contribution in [-0.4, -0.2) is 15.6 Å². The Kier molecular flexibility index (Phi) is 2.83. The van der Waals surface area contributed by atoms with Gasteiger partial charge in [0.1, 0.15) is 5.78 Å². The Hall–Kier alpha value is -0.830. The van der Waals surface area contributed by atoms with Crippen LogP contribution in [0.15, 0.2) is 0 Å². The molecule has 2 rings (SSSR count). The van der Waals surface area contributed by atoms with Crippen LogP contribution in [0.1, 0.15) is 30.7 Å². The first-order valence-electron chi connectivity index (χ1n) is 5.30. The van der Waals surface area contributed by atoms with E-state index in [0.29, 0.717) is 5.78 Å². The Balaban J connectivity index is 2.20. The molecular formula is C11H15ClN2O. The summed E-state index contributed by atoms with van der Waals surface area (Å²) in [4.78, 5) is 11.5. The van der Waals surface area contributed by atoms with Gasteiger partial charge in [-0.25, -0.2) is 0 Å². The molecule has 1 aromatic heterocycles. The van der Waals surface area contributed by atoms with Gasteiger partial charge in [0.25, 0.3) is 0 Å². The molecule has 0 saturated heterocycles. The normalized spacial score (nSPS) is 21.3. The van der Waals surface area contributed by atoms with E-state index in [1.54, 1.807) is 4.68 Å². The van der Waals surface area contributed by atoms with E-state index in [1.165, 1.54) is 0 Å². The van der Waals surface area contributed by atoms with Crippen LogP contribution in [0, 0.1) is 12.8 Å². The highest BCUT2D eigenvalue weighted by molar-refractivity contribution is 6.31. The minimum atomic E-state index is 0.164. The summed E-state index contributed by atoms with van der Waals surface area (Å²) in [6.07, 6.45) is 3.51. The first-order chi connectivity index (χ1) is 7.09. The van der Waals surface area contributed by atoms with Crippen LogP contribution in [-0.2, 0) is 18.3 Å². The molecule has 4 heteroatoms. The third-order valence-corrected chi connectivity index (χ3v) is 3.62. The lowest BCUT2D eigenvalue weighted by molar-refractivity contribution is -0.120. The van der Waals surface area contributed by atoms with Crippen LogP contribution in [0.25, 0.3) is 0 Å². The van der Waals surface area contributed by atoms with E-state index in [-0.39, 0.29) is 5.92 Å². The van der Waals surface area contributed by atoms with Gasteiger partial charge in [0.05, 0.1) is 16.4 Å². The van der Waals surface area contributed by atoms with Crippen molar-refractivity contribution in [1.29, 1.82) is 0 Å². The minimum absolute atomic E-state index is 0.164. The molecule has 0 spiro atoms. The van der Waals surface area contributed by atoms with Gasteiger partial charge in [-0.3, -0.25) is 9.48 Å². The Morgan fingerprint density at radius 3 is 2.80 bits per heavy atom. The van der Waals surface area contributed by atoms with Gasteiger partial charge in [-0.1, -0.05) is 11.6 Å². The van der Waals surface area contributed by atoms with E-state index < -0.39 is 0 Å². The molecule has 0 N–H and O–H groups in total. The zero-order valence-corrected chi connectivity index (χ0v) is 9.84. The largest absolute Gasteiger partial charge is 0.299 e. The summed E-state index contributed by atoms with van der Waals surface area (Å²) in [6, 6.07) is 0. The number of Topliss-reactive ketones (excluding diaryl/α,β-unsaturated/α-hetero) is 1. The van der Waals surface area contributed by atoms with E-state index in [9.17, 15) is 4.79 Å². The second-order valence-electron chi connectivity index (χ2n) is 4.23. The highest BCUT2D eigenvalue weighted by Crippen LogP contribution is 2.28. The topological polar surface area (TPSA) is 34.9 Å². The average Bonchev–Trinajstić information content (AvgIpc) is 2.67. The maximum absolute atomic E-state index is 11.5. The molecule has 1 saturated carbocycles. The van der Waals surface area contributed by atoms with Gasteiger partial charge in [0.2, 0.25) is 0 Å². The summed E-state index contributed by atoms with van der Waals surface area (Å²) >= 11 is 6.15. The number of carbonyl (C=O) groups is 1. The van der Waals surface area contributed by atoms with E-state index >= 15 is 0 Å². The molecule has 3 nitrogen and oxygen atoms in total. The van der Waals surface area contributed by atoms with Crippen LogP contribution >= 0.6 is 11.6 Å². The van der Waals surface area contributed by atoms with Crippen molar-refractivity contribution >= 4 is 17.4 Å². The standard InChI is InChI=1S/C11H15ClN2O/c1-7-11(12)9(14(2)13-7)6-8-4-3-5-10(8)15/h8H,3-6H2,1-2H3. The zero-order valence-electron chi connectivity index (χ0n) is 9.09. The lowest BCUT2D eigenvalue weighted by Crippen LogP contribution is -2.12. The van der Waals surface area contributed by atoms with E-state index in [0.717, 1.165) is 42.1 Å². The third kappa shape index (κ3) is 1.93. The minimum Gasteiger partial charge on any atom is -0.299 e. The fraction of sp³-hybridized carbons (Fsp3) is 0.636. The predicted octanol–water partition coefficient (Wildman–Crippen LogP) is 2.29. The smallest absolute Gasteiger partial charge is 0.136 e. The van der Waals surface area contributed by atoms with Crippen molar-refractivity contribution in [3.05, 3.63) is 16.4 Å². The number of aromatic nitrogens is 2. The van der Waals surface area contributed by atoms with Crippen molar-refractivity contribution < 1.29 is 4.79 Å². The van der Waals surface area contributed by atoms with E-state index in [4.69, 9.17) is 11.6 Å². The summed E-state index contributed by atoms with van der Waals surface area (Å²) in [7, 11) is 1.88. The van der Waals surface area contributed by atoms with Gasteiger partial charge in [0.15, 0.2) is 0 Å². The average molecular weight is 227 g/mol. The van der Waals surface area contributed by atoms with Crippen LogP contribution in [0.3, 0.4) is 0 Å². The van der Waals surface area contributed by atoms with Gasteiger partial charge in [-0.15, -0.1) is 0 Å². The van der Waals surface area contributed by atoms with Gasteiger partial charge >= 0.3 is 0 Å². The molecule has 1 heterocycles. The molecule has 0 radical (unpaired) electrons. The zero-order chi connectivity index (χ0) is 11.0. The highest BCUT2D eigenvalue weighted by Gasteiger charge is 2.26. The van der Waals surface area contributed by atoms with Crippen molar-refractivity contribution in [1.82, 2.24) is 9.78 Å². The van der Waals surface area contributed by atoms with Crippen LogP contribution in [0.4, 0.5) is 0 Å². The number of halogens is 1. The molecule has 15 heavy (non-hydrogen) atoms. The van der Waals surface area contributed by atoms with Gasteiger partial charge in [-0.05, 0) is 19.8 Å². The van der Waals surface area contributed by atoms with Crippen molar-refractivity contribution in [2.75, 3.05) is 0 Å². The van der Waals surface area contributed by atoms with Crippen LogP contribution < -0.4 is 0 Å². The maximum atomic E-state index is 11.5. The first-order valence-corrected chi connectivity index (χ1v) is 5.68. The number of hydrogen-bond acceptors (Lipinski definition) is 2. The number of hydrogen-bond donors (Lipinski definition) is 0. The molecule has 0 aromatic carbocycles. The molecular weight excluding hydrogens is 212 g/mol. The Bertz CT molecular complexity index is 398. The van der Waals surface area contributed by atoms with Crippen molar-refractivity contribution in [3.63, 3.8) is 0 Å². The third-order valence-electron chi connectivity index (χ3n) is 3.13. The number of ketones is 1. The maximum Gasteiger partial charge on any atom is 0.136 e. The SMILES string of the molecule is Cc1nn(C)c(CC2CCCC2=O)c1Cl. The molecule has 1 aliphatic rings. The molecule has 1 unspecified atom stereocenters. The van der Waals surface area contributed by atoms with Crippen LogP contribution in [0.2, 0.25) is 5.02 Å². The molecule has 1 aliphatic carbocycles. The molecule has 0 amide bonds.